The molecule has 0 atom stereocenters. The second-order valence-electron chi connectivity index (χ2n) is 6.56. The van der Waals surface area contributed by atoms with Crippen molar-refractivity contribution < 1.29 is 4.74 Å². The van der Waals surface area contributed by atoms with Crippen LogP contribution in [0.15, 0.2) is 34.2 Å². The van der Waals surface area contributed by atoms with Gasteiger partial charge in [-0.05, 0) is 37.1 Å². The maximum atomic E-state index is 12.1. The molecule has 1 N–H and O–H groups in total. The van der Waals surface area contributed by atoms with E-state index >= 15 is 0 Å². The Labute approximate surface area is 169 Å². The molecule has 0 aliphatic carbocycles. The molecule has 2 aromatic rings. The molecule has 1 aliphatic heterocycles. The molecule has 0 amide bonds. The third-order valence-electron chi connectivity index (χ3n) is 4.92. The molecule has 0 bridgehead atoms. The SMILES string of the molecule is CCN1CCN(CCOc2ccc(-c3nc(SC)[nH]c(=O)c3C#N)cc2)CC1. The molecule has 2 heterocycles. The number of hydrogen-bond donors (Lipinski definition) is 1. The molecule has 28 heavy (non-hydrogen) atoms. The summed E-state index contributed by atoms with van der Waals surface area (Å²) in [7, 11) is 0. The number of likely N-dealkylation sites (N-methyl/N-ethyl adjacent to an activating group) is 1. The third kappa shape index (κ3) is 4.93. The molecule has 1 aromatic carbocycles. The lowest BCUT2D eigenvalue weighted by atomic mass is 10.1. The van der Waals surface area contributed by atoms with Crippen LogP contribution in [0.1, 0.15) is 12.5 Å². The van der Waals surface area contributed by atoms with Gasteiger partial charge in [-0.25, -0.2) is 4.98 Å². The Morgan fingerprint density at radius 3 is 2.50 bits per heavy atom. The van der Waals surface area contributed by atoms with Crippen molar-refractivity contribution in [2.75, 3.05) is 52.1 Å². The van der Waals surface area contributed by atoms with Crippen LogP contribution in [0.3, 0.4) is 0 Å². The number of nitriles is 1. The maximum absolute atomic E-state index is 12.1. The quantitative estimate of drug-likeness (QED) is 0.563. The summed E-state index contributed by atoms with van der Waals surface area (Å²) in [5.74, 6) is 0.768. The molecule has 1 fully saturated rings. The van der Waals surface area contributed by atoms with Gasteiger partial charge in [-0.15, -0.1) is 0 Å². The van der Waals surface area contributed by atoms with Crippen molar-refractivity contribution in [2.45, 2.75) is 12.1 Å². The Morgan fingerprint density at radius 1 is 1.21 bits per heavy atom. The predicted molar refractivity (Wildman–Crippen MR) is 111 cm³/mol. The van der Waals surface area contributed by atoms with Crippen LogP contribution in [-0.4, -0.2) is 71.9 Å². The van der Waals surface area contributed by atoms with Crippen LogP contribution in [-0.2, 0) is 0 Å². The van der Waals surface area contributed by atoms with E-state index in [0.717, 1.165) is 50.6 Å². The van der Waals surface area contributed by atoms with Crippen molar-refractivity contribution in [3.05, 3.63) is 40.2 Å². The van der Waals surface area contributed by atoms with Gasteiger partial charge in [0, 0.05) is 38.3 Å². The smallest absolute Gasteiger partial charge is 0.270 e. The Hall–Kier alpha value is -2.34. The van der Waals surface area contributed by atoms with Gasteiger partial charge < -0.3 is 14.6 Å². The zero-order valence-electron chi connectivity index (χ0n) is 16.3. The van der Waals surface area contributed by atoms with Crippen LogP contribution >= 0.6 is 11.8 Å². The highest BCUT2D eigenvalue weighted by Crippen LogP contribution is 2.23. The van der Waals surface area contributed by atoms with Crippen molar-refractivity contribution in [1.82, 2.24) is 19.8 Å². The summed E-state index contributed by atoms with van der Waals surface area (Å²) in [5.41, 5.74) is 0.731. The van der Waals surface area contributed by atoms with Crippen molar-refractivity contribution >= 4 is 11.8 Å². The zero-order chi connectivity index (χ0) is 19.9. The lowest BCUT2D eigenvalue weighted by Gasteiger charge is -2.33. The van der Waals surface area contributed by atoms with Gasteiger partial charge in [-0.1, -0.05) is 18.7 Å². The average Bonchev–Trinajstić information content (AvgIpc) is 2.74. The van der Waals surface area contributed by atoms with E-state index in [2.05, 4.69) is 26.7 Å². The first-order valence-electron chi connectivity index (χ1n) is 9.41. The highest BCUT2D eigenvalue weighted by molar-refractivity contribution is 7.98. The van der Waals surface area contributed by atoms with Crippen molar-refractivity contribution in [3.8, 4) is 23.1 Å². The lowest BCUT2D eigenvalue weighted by molar-refractivity contribution is 0.121. The highest BCUT2D eigenvalue weighted by Gasteiger charge is 2.15. The van der Waals surface area contributed by atoms with Gasteiger partial charge in [0.1, 0.15) is 24.0 Å². The van der Waals surface area contributed by atoms with E-state index in [0.29, 0.717) is 17.5 Å². The van der Waals surface area contributed by atoms with Gasteiger partial charge in [0.15, 0.2) is 5.16 Å². The van der Waals surface area contributed by atoms with Crippen LogP contribution in [0.4, 0.5) is 0 Å². The molecular weight excluding hydrogens is 374 g/mol. The van der Waals surface area contributed by atoms with E-state index < -0.39 is 5.56 Å². The number of piperazine rings is 1. The standard InChI is InChI=1S/C20H25N5O2S/c1-3-24-8-10-25(11-9-24)12-13-27-16-6-4-15(5-7-16)18-17(14-21)19(26)23-20(22-18)28-2/h4-7H,3,8-13H2,1-2H3,(H,22,23,26). The minimum absolute atomic E-state index is 0.0256. The molecule has 1 aromatic heterocycles. The maximum Gasteiger partial charge on any atom is 0.270 e. The molecular formula is C20H25N5O2S. The number of nitrogens with one attached hydrogen (secondary N) is 1. The van der Waals surface area contributed by atoms with Gasteiger partial charge in [-0.2, -0.15) is 5.26 Å². The molecule has 0 saturated carbocycles. The first-order chi connectivity index (χ1) is 13.6. The second kappa shape index (κ2) is 9.73. The fraction of sp³-hybridized carbons (Fsp3) is 0.450. The van der Waals surface area contributed by atoms with E-state index in [-0.39, 0.29) is 5.56 Å². The Kier molecular flexibility index (Phi) is 7.09. The Bertz CT molecular complexity index is 883. The zero-order valence-corrected chi connectivity index (χ0v) is 17.1. The average molecular weight is 400 g/mol. The van der Waals surface area contributed by atoms with E-state index in [4.69, 9.17) is 4.74 Å². The Morgan fingerprint density at radius 2 is 1.89 bits per heavy atom. The lowest BCUT2D eigenvalue weighted by Crippen LogP contribution is -2.47. The van der Waals surface area contributed by atoms with Crippen molar-refractivity contribution in [2.24, 2.45) is 0 Å². The summed E-state index contributed by atoms with van der Waals surface area (Å²) >= 11 is 1.33. The molecule has 148 valence electrons. The number of H-pyrrole nitrogens is 1. The summed E-state index contributed by atoms with van der Waals surface area (Å²) in [6.07, 6.45) is 1.83. The molecule has 7 nitrogen and oxygen atoms in total. The summed E-state index contributed by atoms with van der Waals surface area (Å²) < 4.78 is 5.87. The fourth-order valence-electron chi connectivity index (χ4n) is 3.19. The van der Waals surface area contributed by atoms with Gasteiger partial charge in [-0.3, -0.25) is 9.69 Å². The summed E-state index contributed by atoms with van der Waals surface area (Å²) in [4.78, 5) is 23.9. The summed E-state index contributed by atoms with van der Waals surface area (Å²) in [6.45, 7) is 9.26. The summed E-state index contributed by atoms with van der Waals surface area (Å²) in [6, 6.07) is 9.33. The highest BCUT2D eigenvalue weighted by atomic mass is 32.2. The van der Waals surface area contributed by atoms with E-state index in [9.17, 15) is 10.1 Å². The van der Waals surface area contributed by atoms with Crippen molar-refractivity contribution in [3.63, 3.8) is 0 Å². The van der Waals surface area contributed by atoms with Crippen LogP contribution in [0, 0.1) is 11.3 Å². The molecule has 1 saturated heterocycles. The molecule has 8 heteroatoms. The van der Waals surface area contributed by atoms with Gasteiger partial charge in [0.2, 0.25) is 0 Å². The Balaban J connectivity index is 1.61. The minimum atomic E-state index is -0.416. The van der Waals surface area contributed by atoms with Gasteiger partial charge in [0.25, 0.3) is 5.56 Å². The van der Waals surface area contributed by atoms with E-state index in [1.165, 1.54) is 11.8 Å². The topological polar surface area (TPSA) is 85.2 Å². The van der Waals surface area contributed by atoms with Crippen LogP contribution in [0.2, 0.25) is 0 Å². The number of thioether (sulfide) groups is 1. The fourth-order valence-corrected chi connectivity index (χ4v) is 3.57. The monoisotopic (exact) mass is 399 g/mol. The van der Waals surface area contributed by atoms with Gasteiger partial charge >= 0.3 is 0 Å². The first-order valence-corrected chi connectivity index (χ1v) is 10.6. The number of aromatic nitrogens is 2. The van der Waals surface area contributed by atoms with E-state index in [1.807, 2.05) is 36.6 Å². The van der Waals surface area contributed by atoms with Crippen LogP contribution in [0.5, 0.6) is 5.75 Å². The summed E-state index contributed by atoms with van der Waals surface area (Å²) in [5, 5.41) is 9.79. The normalized spacial score (nSPS) is 15.3. The van der Waals surface area contributed by atoms with Crippen molar-refractivity contribution in [1.29, 1.82) is 5.26 Å². The second-order valence-corrected chi connectivity index (χ2v) is 7.35. The predicted octanol–water partition coefficient (Wildman–Crippen LogP) is 2.05. The molecule has 0 spiro atoms. The number of benzene rings is 1. The first kappa shape index (κ1) is 20.4. The van der Waals surface area contributed by atoms with Crippen LogP contribution in [0.25, 0.3) is 11.3 Å². The molecule has 0 unspecified atom stereocenters. The van der Waals surface area contributed by atoms with E-state index in [1.54, 1.807) is 0 Å². The third-order valence-corrected chi connectivity index (χ3v) is 5.50. The molecule has 3 rings (SSSR count). The largest absolute Gasteiger partial charge is 0.492 e. The van der Waals surface area contributed by atoms with Crippen LogP contribution < -0.4 is 10.3 Å². The number of hydrogen-bond acceptors (Lipinski definition) is 7. The number of ether oxygens (including phenoxy) is 1. The molecule has 0 radical (unpaired) electrons. The minimum Gasteiger partial charge on any atom is -0.492 e. The molecule has 1 aliphatic rings. The number of nitrogens with zero attached hydrogens (tertiary/aromatic N) is 4. The van der Waals surface area contributed by atoms with Gasteiger partial charge in [0.05, 0.1) is 5.69 Å². The number of rotatable bonds is 7. The number of aromatic amines is 1.